The number of aromatic nitrogens is 2. The van der Waals surface area contributed by atoms with Crippen molar-refractivity contribution in [2.75, 3.05) is 0 Å². The summed E-state index contributed by atoms with van der Waals surface area (Å²) >= 11 is 0. The molecule has 62 valence electrons. The summed E-state index contributed by atoms with van der Waals surface area (Å²) in [5.41, 5.74) is 4.82. The zero-order valence-electron chi connectivity index (χ0n) is 6.23. The third-order valence-corrected chi connectivity index (χ3v) is 1.15. The van der Waals surface area contributed by atoms with E-state index in [1.165, 1.54) is 12.4 Å². The van der Waals surface area contributed by atoms with Crippen molar-refractivity contribution >= 4 is 11.7 Å². The van der Waals surface area contributed by atoms with Crippen molar-refractivity contribution < 1.29 is 9.59 Å². The largest absolute Gasteiger partial charge is 0.369 e. The van der Waals surface area contributed by atoms with Crippen molar-refractivity contribution in [3.63, 3.8) is 0 Å². The Kier molecular flexibility index (Phi) is 2.47. The Balaban J connectivity index is 2.73. The molecule has 1 heterocycles. The number of nitrogens with two attached hydrogens (primary N) is 1. The highest BCUT2D eigenvalue weighted by Crippen LogP contribution is 1.93. The molecule has 0 atom stereocenters. The average molecular weight is 165 g/mol. The zero-order valence-corrected chi connectivity index (χ0v) is 6.23. The van der Waals surface area contributed by atoms with E-state index in [1.54, 1.807) is 6.07 Å². The molecule has 0 aromatic carbocycles. The van der Waals surface area contributed by atoms with Crippen LogP contribution in [-0.4, -0.2) is 21.7 Å². The summed E-state index contributed by atoms with van der Waals surface area (Å²) < 4.78 is 0. The van der Waals surface area contributed by atoms with Gasteiger partial charge in [-0.1, -0.05) is 0 Å². The van der Waals surface area contributed by atoms with Crippen molar-refractivity contribution in [2.24, 2.45) is 5.73 Å². The minimum absolute atomic E-state index is 0.0244. The van der Waals surface area contributed by atoms with Crippen LogP contribution in [-0.2, 0) is 4.79 Å². The molecule has 12 heavy (non-hydrogen) atoms. The second-order valence-corrected chi connectivity index (χ2v) is 2.14. The summed E-state index contributed by atoms with van der Waals surface area (Å²) in [5.74, 6) is -1.10. The predicted molar refractivity (Wildman–Crippen MR) is 40.2 cm³/mol. The van der Waals surface area contributed by atoms with Crippen molar-refractivity contribution in [2.45, 2.75) is 6.42 Å². The molecule has 0 saturated heterocycles. The Bertz CT molecular complexity index is 297. The number of hydrogen-bond acceptors (Lipinski definition) is 4. The molecule has 5 nitrogen and oxygen atoms in total. The van der Waals surface area contributed by atoms with E-state index in [2.05, 4.69) is 9.97 Å². The van der Waals surface area contributed by atoms with Crippen LogP contribution in [0.5, 0.6) is 0 Å². The van der Waals surface area contributed by atoms with Crippen LogP contribution in [0.3, 0.4) is 0 Å². The summed E-state index contributed by atoms with van der Waals surface area (Å²) in [5, 5.41) is 0. The molecule has 0 unspecified atom stereocenters. The molecule has 1 rings (SSSR count). The molecule has 0 aliphatic rings. The SMILES string of the molecule is NC(=O)CC(=O)c1ncccn1. The standard InChI is InChI=1S/C7H7N3O2/c8-6(12)4-5(11)7-9-2-1-3-10-7/h1-3H,4H2,(H2,8,12). The zero-order chi connectivity index (χ0) is 8.97. The average Bonchev–Trinajstić information content (AvgIpc) is 2.05. The Morgan fingerprint density at radius 2 is 1.92 bits per heavy atom. The van der Waals surface area contributed by atoms with Crippen LogP contribution in [0.15, 0.2) is 18.5 Å². The van der Waals surface area contributed by atoms with Crippen LogP contribution < -0.4 is 5.73 Å². The topological polar surface area (TPSA) is 85.9 Å². The number of primary amides is 1. The fraction of sp³-hybridized carbons (Fsp3) is 0.143. The lowest BCUT2D eigenvalue weighted by Gasteiger charge is -1.93. The molecule has 1 aromatic heterocycles. The molecule has 0 spiro atoms. The first-order chi connectivity index (χ1) is 5.70. The highest BCUT2D eigenvalue weighted by molar-refractivity contribution is 6.04. The molecule has 0 saturated carbocycles. The molecule has 0 aliphatic heterocycles. The lowest BCUT2D eigenvalue weighted by atomic mass is 10.2. The minimum Gasteiger partial charge on any atom is -0.369 e. The van der Waals surface area contributed by atoms with Gasteiger partial charge in [-0.2, -0.15) is 0 Å². The maximum absolute atomic E-state index is 11.0. The van der Waals surface area contributed by atoms with Gasteiger partial charge in [0, 0.05) is 12.4 Å². The maximum Gasteiger partial charge on any atom is 0.225 e. The van der Waals surface area contributed by atoms with Gasteiger partial charge in [-0.25, -0.2) is 9.97 Å². The van der Waals surface area contributed by atoms with Gasteiger partial charge in [-0.3, -0.25) is 9.59 Å². The second kappa shape index (κ2) is 3.56. The van der Waals surface area contributed by atoms with E-state index in [9.17, 15) is 9.59 Å². The molecule has 5 heteroatoms. The van der Waals surface area contributed by atoms with Crippen LogP contribution in [0.1, 0.15) is 17.0 Å². The molecule has 1 aromatic rings. The van der Waals surface area contributed by atoms with Gasteiger partial charge in [0.2, 0.25) is 11.7 Å². The van der Waals surface area contributed by atoms with E-state index in [4.69, 9.17) is 5.73 Å². The Morgan fingerprint density at radius 1 is 1.33 bits per heavy atom. The Hall–Kier alpha value is -1.78. The van der Waals surface area contributed by atoms with Gasteiger partial charge in [0.15, 0.2) is 5.82 Å². The first-order valence-corrected chi connectivity index (χ1v) is 3.28. The molecule has 2 N–H and O–H groups in total. The molecule has 0 aliphatic carbocycles. The first kappa shape index (κ1) is 8.32. The third kappa shape index (κ3) is 2.12. The maximum atomic E-state index is 11.0. The number of carbonyl (C=O) groups is 2. The number of ketones is 1. The van der Waals surface area contributed by atoms with Crippen LogP contribution in [0.2, 0.25) is 0 Å². The van der Waals surface area contributed by atoms with Crippen LogP contribution in [0, 0.1) is 0 Å². The van der Waals surface area contributed by atoms with Crippen molar-refractivity contribution in [3.8, 4) is 0 Å². The van der Waals surface area contributed by atoms with Gasteiger partial charge in [0.25, 0.3) is 0 Å². The monoisotopic (exact) mass is 165 g/mol. The molecule has 0 radical (unpaired) electrons. The quantitative estimate of drug-likeness (QED) is 0.484. The number of carbonyl (C=O) groups excluding carboxylic acids is 2. The van der Waals surface area contributed by atoms with E-state index in [1.807, 2.05) is 0 Å². The highest BCUT2D eigenvalue weighted by atomic mass is 16.2. The first-order valence-electron chi connectivity index (χ1n) is 3.28. The summed E-state index contributed by atoms with van der Waals surface area (Å²) in [4.78, 5) is 28.7. The van der Waals surface area contributed by atoms with Gasteiger partial charge in [-0.15, -0.1) is 0 Å². The molecular weight excluding hydrogens is 158 g/mol. The van der Waals surface area contributed by atoms with E-state index in [0.29, 0.717) is 0 Å². The summed E-state index contributed by atoms with van der Waals surface area (Å²) in [6.45, 7) is 0. The van der Waals surface area contributed by atoms with Crippen molar-refractivity contribution in [1.29, 1.82) is 0 Å². The normalized spacial score (nSPS) is 9.33. The fourth-order valence-corrected chi connectivity index (χ4v) is 0.680. The Labute approximate surface area is 68.6 Å². The Morgan fingerprint density at radius 3 is 2.42 bits per heavy atom. The lowest BCUT2D eigenvalue weighted by Crippen LogP contribution is -2.17. The molecule has 0 bridgehead atoms. The predicted octanol–water partition coefficient (Wildman–Crippen LogP) is -0.465. The van der Waals surface area contributed by atoms with Gasteiger partial charge in [-0.05, 0) is 6.07 Å². The highest BCUT2D eigenvalue weighted by Gasteiger charge is 2.10. The van der Waals surface area contributed by atoms with Crippen LogP contribution in [0.4, 0.5) is 0 Å². The van der Waals surface area contributed by atoms with E-state index >= 15 is 0 Å². The number of nitrogens with zero attached hydrogens (tertiary/aromatic N) is 2. The minimum atomic E-state index is -0.674. The molecule has 1 amide bonds. The lowest BCUT2D eigenvalue weighted by molar-refractivity contribution is -0.117. The number of hydrogen-bond donors (Lipinski definition) is 1. The van der Waals surface area contributed by atoms with E-state index < -0.39 is 11.7 Å². The summed E-state index contributed by atoms with van der Waals surface area (Å²) in [6.07, 6.45) is 2.52. The fourth-order valence-electron chi connectivity index (χ4n) is 0.680. The number of amides is 1. The number of Topliss-reactive ketones (excluding diaryl/α,β-unsaturated/α-hetero) is 1. The molecular formula is C7H7N3O2. The summed E-state index contributed by atoms with van der Waals surface area (Å²) in [6, 6.07) is 1.58. The number of rotatable bonds is 3. The smallest absolute Gasteiger partial charge is 0.225 e. The third-order valence-electron chi connectivity index (χ3n) is 1.15. The van der Waals surface area contributed by atoms with Gasteiger partial charge in [0.05, 0.1) is 6.42 Å². The van der Waals surface area contributed by atoms with Crippen molar-refractivity contribution in [1.82, 2.24) is 9.97 Å². The van der Waals surface area contributed by atoms with Crippen LogP contribution in [0.25, 0.3) is 0 Å². The van der Waals surface area contributed by atoms with Gasteiger partial charge in [0.1, 0.15) is 0 Å². The van der Waals surface area contributed by atoms with Crippen LogP contribution >= 0.6 is 0 Å². The van der Waals surface area contributed by atoms with E-state index in [-0.39, 0.29) is 12.2 Å². The van der Waals surface area contributed by atoms with Gasteiger partial charge < -0.3 is 5.73 Å². The van der Waals surface area contributed by atoms with Gasteiger partial charge >= 0.3 is 0 Å². The van der Waals surface area contributed by atoms with E-state index in [0.717, 1.165) is 0 Å². The summed E-state index contributed by atoms with van der Waals surface area (Å²) in [7, 11) is 0. The van der Waals surface area contributed by atoms with Crippen molar-refractivity contribution in [3.05, 3.63) is 24.3 Å². The second-order valence-electron chi connectivity index (χ2n) is 2.14. The molecule has 0 fully saturated rings.